The van der Waals surface area contributed by atoms with Crippen LogP contribution in [0, 0.1) is 0 Å². The fourth-order valence-electron chi connectivity index (χ4n) is 1.65. The van der Waals surface area contributed by atoms with Gasteiger partial charge in [0.15, 0.2) is 6.04 Å². The normalized spacial score (nSPS) is 19.5. The van der Waals surface area contributed by atoms with E-state index in [1.54, 1.807) is 0 Å². The van der Waals surface area contributed by atoms with Crippen LogP contribution in [0.5, 0.6) is 0 Å². The minimum atomic E-state index is -1.95. The predicted molar refractivity (Wildman–Crippen MR) is 74.3 cm³/mol. The van der Waals surface area contributed by atoms with Crippen LogP contribution in [0.25, 0.3) is 0 Å². The number of carbonyl (C=O) groups is 3. The lowest BCUT2D eigenvalue weighted by atomic mass is 10.0. The van der Waals surface area contributed by atoms with Gasteiger partial charge >= 0.3 is 5.97 Å². The second kappa shape index (κ2) is 8.15. The van der Waals surface area contributed by atoms with Crippen molar-refractivity contribution in [3.8, 4) is 0 Å². The molecule has 8 N–H and O–H groups in total. The van der Waals surface area contributed by atoms with E-state index < -0.39 is 54.2 Å². The van der Waals surface area contributed by atoms with E-state index in [0.717, 1.165) is 6.92 Å². The number of amides is 2. The van der Waals surface area contributed by atoms with Crippen molar-refractivity contribution in [1.82, 2.24) is 4.90 Å². The van der Waals surface area contributed by atoms with Crippen molar-refractivity contribution in [3.63, 3.8) is 0 Å². The van der Waals surface area contributed by atoms with Gasteiger partial charge in [-0.25, -0.2) is 4.79 Å². The van der Waals surface area contributed by atoms with Crippen molar-refractivity contribution in [2.24, 2.45) is 11.5 Å². The predicted octanol–water partition coefficient (Wildman–Crippen LogP) is -3.41. The van der Waals surface area contributed by atoms with E-state index in [4.69, 9.17) is 16.6 Å². The first-order valence-corrected chi connectivity index (χ1v) is 6.58. The van der Waals surface area contributed by atoms with Crippen molar-refractivity contribution < 1.29 is 34.8 Å². The molecule has 0 aromatic carbocycles. The molecule has 10 heteroatoms. The fraction of sp³-hybridized carbons (Fsp3) is 0.750. The van der Waals surface area contributed by atoms with E-state index in [0.29, 0.717) is 0 Å². The molecule has 0 aromatic heterocycles. The molecule has 0 aliphatic rings. The number of rotatable bonds is 7. The van der Waals surface area contributed by atoms with E-state index in [9.17, 15) is 29.7 Å². The zero-order valence-electron chi connectivity index (χ0n) is 12.6. The van der Waals surface area contributed by atoms with Gasteiger partial charge in [0.1, 0.15) is 12.1 Å². The molecule has 10 nitrogen and oxygen atoms in total. The van der Waals surface area contributed by atoms with Crippen LogP contribution >= 0.6 is 0 Å². The van der Waals surface area contributed by atoms with Crippen LogP contribution in [0.1, 0.15) is 20.8 Å². The lowest BCUT2D eigenvalue weighted by Crippen LogP contribution is -2.63. The largest absolute Gasteiger partial charge is 0.480 e. The van der Waals surface area contributed by atoms with Gasteiger partial charge in [-0.3, -0.25) is 14.5 Å². The van der Waals surface area contributed by atoms with Gasteiger partial charge in [-0.05, 0) is 20.8 Å². The molecule has 0 saturated carbocycles. The Bertz CT molecular complexity index is 399. The van der Waals surface area contributed by atoms with Crippen molar-refractivity contribution in [2.75, 3.05) is 0 Å². The van der Waals surface area contributed by atoms with Gasteiger partial charge in [-0.15, -0.1) is 0 Å². The molecule has 6 unspecified atom stereocenters. The van der Waals surface area contributed by atoms with E-state index in [1.807, 2.05) is 0 Å². The third kappa shape index (κ3) is 4.71. The van der Waals surface area contributed by atoms with Gasteiger partial charge in [0.25, 0.3) is 0 Å². The lowest BCUT2D eigenvalue weighted by Gasteiger charge is -2.33. The van der Waals surface area contributed by atoms with Crippen LogP contribution in [-0.4, -0.2) is 79.5 Å². The zero-order valence-corrected chi connectivity index (χ0v) is 12.6. The van der Waals surface area contributed by atoms with Crippen LogP contribution in [0.3, 0.4) is 0 Å². The molecule has 0 fully saturated rings. The van der Waals surface area contributed by atoms with E-state index >= 15 is 0 Å². The summed E-state index contributed by atoms with van der Waals surface area (Å²) in [5.41, 5.74) is 10.9. The maximum atomic E-state index is 12.2. The Balaban J connectivity index is 5.82. The number of carboxylic acids is 1. The average molecular weight is 321 g/mol. The second-order valence-corrected chi connectivity index (χ2v) is 5.10. The first-order chi connectivity index (χ1) is 9.93. The molecular weight excluding hydrogens is 298 g/mol. The summed E-state index contributed by atoms with van der Waals surface area (Å²) >= 11 is 0. The number of aliphatic carboxylic acids is 1. The summed E-state index contributed by atoms with van der Waals surface area (Å²) in [7, 11) is 0. The molecule has 0 aromatic rings. The summed E-state index contributed by atoms with van der Waals surface area (Å²) in [5.74, 6) is -4.10. The summed E-state index contributed by atoms with van der Waals surface area (Å²) in [6, 6.07) is -5.13. The van der Waals surface area contributed by atoms with Gasteiger partial charge in [0.2, 0.25) is 11.8 Å². The van der Waals surface area contributed by atoms with E-state index in [1.165, 1.54) is 13.8 Å². The molecule has 0 bridgehead atoms. The number of hydrogen-bond acceptors (Lipinski definition) is 8. The van der Waals surface area contributed by atoms with Gasteiger partial charge < -0.3 is 31.9 Å². The summed E-state index contributed by atoms with van der Waals surface area (Å²) < 4.78 is 0. The summed E-state index contributed by atoms with van der Waals surface area (Å²) in [5, 5.41) is 37.4. The Kier molecular flexibility index (Phi) is 7.56. The highest BCUT2D eigenvalue weighted by molar-refractivity contribution is 6.03. The fourth-order valence-corrected chi connectivity index (χ4v) is 1.65. The van der Waals surface area contributed by atoms with Crippen molar-refractivity contribution in [3.05, 3.63) is 0 Å². The van der Waals surface area contributed by atoms with Crippen molar-refractivity contribution in [1.29, 1.82) is 0 Å². The molecule has 0 spiro atoms. The van der Waals surface area contributed by atoms with Gasteiger partial charge in [-0.1, -0.05) is 0 Å². The first kappa shape index (κ1) is 20.4. The lowest BCUT2D eigenvalue weighted by molar-refractivity contribution is -0.165. The number of carbonyl (C=O) groups excluding carboxylic acids is 2. The number of aliphatic hydroxyl groups is 3. The third-order valence-electron chi connectivity index (χ3n) is 3.07. The molecule has 0 radical (unpaired) electrons. The van der Waals surface area contributed by atoms with Gasteiger partial charge in [-0.2, -0.15) is 0 Å². The summed E-state index contributed by atoms with van der Waals surface area (Å²) in [6.07, 6.45) is -4.35. The van der Waals surface area contributed by atoms with Crippen molar-refractivity contribution >= 4 is 17.8 Å². The van der Waals surface area contributed by atoms with Crippen LogP contribution in [0.15, 0.2) is 0 Å². The van der Waals surface area contributed by atoms with Crippen LogP contribution in [0.2, 0.25) is 0 Å². The molecule has 0 aliphatic heterocycles. The summed E-state index contributed by atoms with van der Waals surface area (Å²) in [4.78, 5) is 35.9. The van der Waals surface area contributed by atoms with E-state index in [-0.39, 0.29) is 4.90 Å². The Morgan fingerprint density at radius 3 is 1.32 bits per heavy atom. The number of aliphatic hydroxyl groups excluding tert-OH is 3. The number of nitrogens with two attached hydrogens (primary N) is 2. The van der Waals surface area contributed by atoms with Crippen LogP contribution in [-0.2, 0) is 14.4 Å². The molecule has 0 heterocycles. The van der Waals surface area contributed by atoms with Gasteiger partial charge in [0.05, 0.1) is 18.3 Å². The van der Waals surface area contributed by atoms with Crippen LogP contribution in [0.4, 0.5) is 0 Å². The number of hydrogen-bond donors (Lipinski definition) is 6. The number of carboxylic acid groups (broad SMARTS) is 1. The SMILES string of the molecule is CC(O)C(N)C(=O)N(C(=O)C(N)C(C)O)C(C(=O)O)C(C)O. The molecule has 22 heavy (non-hydrogen) atoms. The quantitative estimate of drug-likeness (QED) is 0.277. The highest BCUT2D eigenvalue weighted by atomic mass is 16.4. The molecule has 2 amide bonds. The standard InChI is InChI=1S/C12H23N3O7/c1-4(16)7(13)10(19)15(9(6(3)18)12(21)22)11(20)8(14)5(2)17/h4-9,16-18H,13-14H2,1-3H3,(H,21,22). The Hall–Kier alpha value is -1.59. The maximum Gasteiger partial charge on any atom is 0.329 e. The minimum Gasteiger partial charge on any atom is -0.480 e. The highest BCUT2D eigenvalue weighted by Gasteiger charge is 2.43. The smallest absolute Gasteiger partial charge is 0.329 e. The highest BCUT2D eigenvalue weighted by Crippen LogP contribution is 2.12. The average Bonchev–Trinajstić information content (AvgIpc) is 2.39. The molecule has 128 valence electrons. The Morgan fingerprint density at radius 1 is 0.818 bits per heavy atom. The topological polar surface area (TPSA) is 187 Å². The Morgan fingerprint density at radius 2 is 1.14 bits per heavy atom. The molecular formula is C12H23N3O7. The maximum absolute atomic E-state index is 12.2. The monoisotopic (exact) mass is 321 g/mol. The number of nitrogens with zero attached hydrogens (tertiary/aromatic N) is 1. The van der Waals surface area contributed by atoms with E-state index in [2.05, 4.69) is 0 Å². The van der Waals surface area contributed by atoms with Crippen LogP contribution < -0.4 is 11.5 Å². The zero-order chi connectivity index (χ0) is 17.8. The number of imide groups is 1. The summed E-state index contributed by atoms with van der Waals surface area (Å²) in [6.45, 7) is 3.42. The first-order valence-electron chi connectivity index (χ1n) is 6.58. The third-order valence-corrected chi connectivity index (χ3v) is 3.07. The molecule has 0 aliphatic carbocycles. The van der Waals surface area contributed by atoms with Crippen molar-refractivity contribution in [2.45, 2.75) is 57.2 Å². The minimum absolute atomic E-state index is 0.182. The van der Waals surface area contributed by atoms with Gasteiger partial charge in [0, 0.05) is 0 Å². The second-order valence-electron chi connectivity index (χ2n) is 5.10. The Labute approximate surface area is 127 Å². The molecule has 0 rings (SSSR count). The molecule has 0 saturated heterocycles. The molecule has 6 atom stereocenters.